The predicted octanol–water partition coefficient (Wildman–Crippen LogP) is 2.40. The van der Waals surface area contributed by atoms with Crippen LogP contribution >= 0.6 is 15.9 Å². The Hall–Kier alpha value is -2.21. The Morgan fingerprint density at radius 2 is 1.89 bits per heavy atom. The summed E-state index contributed by atoms with van der Waals surface area (Å²) in [5, 5.41) is 14.0. The van der Waals surface area contributed by atoms with Gasteiger partial charge in [0.25, 0.3) is 0 Å². The number of halogens is 4. The van der Waals surface area contributed by atoms with E-state index in [1.807, 2.05) is 6.07 Å². The van der Waals surface area contributed by atoms with Crippen molar-refractivity contribution in [3.63, 3.8) is 0 Å². The first-order valence-corrected chi connectivity index (χ1v) is 9.39. The van der Waals surface area contributed by atoms with Gasteiger partial charge in [0.05, 0.1) is 11.7 Å². The third-order valence-corrected chi connectivity index (χ3v) is 4.51. The standard InChI is InChI=1S/C14H17BrN6.C2HF3O2/c15-12-7-10-11(8-17-12)19-13(18-9-1-2-9)14(20-10)21-5-3-16-4-6-21;3-2(4,5)1(6)7/h7-9,16H,1-6H2,(H,18,19);(H,6,7). The van der Waals surface area contributed by atoms with E-state index in [1.54, 1.807) is 6.20 Å². The number of carboxylic acid groups (broad SMARTS) is 1. The number of carbonyl (C=O) groups is 1. The van der Waals surface area contributed by atoms with Crippen molar-refractivity contribution in [3.05, 3.63) is 16.9 Å². The molecule has 1 aliphatic heterocycles. The number of nitrogens with one attached hydrogen (secondary N) is 2. The molecule has 2 fully saturated rings. The van der Waals surface area contributed by atoms with Crippen molar-refractivity contribution < 1.29 is 23.1 Å². The van der Waals surface area contributed by atoms with Crippen LogP contribution in [0.15, 0.2) is 16.9 Å². The smallest absolute Gasteiger partial charge is 0.475 e. The van der Waals surface area contributed by atoms with Crippen LogP contribution < -0.4 is 15.5 Å². The summed E-state index contributed by atoms with van der Waals surface area (Å²) in [7, 11) is 0. The van der Waals surface area contributed by atoms with Crippen LogP contribution in [0.4, 0.5) is 24.8 Å². The summed E-state index contributed by atoms with van der Waals surface area (Å²) >= 11 is 3.40. The molecule has 152 valence electrons. The Kier molecular flexibility index (Phi) is 6.18. The fraction of sp³-hybridized carbons (Fsp3) is 0.500. The van der Waals surface area contributed by atoms with Crippen LogP contribution in [-0.2, 0) is 4.79 Å². The zero-order valence-corrected chi connectivity index (χ0v) is 16.2. The summed E-state index contributed by atoms with van der Waals surface area (Å²) in [5.74, 6) is -0.891. The summed E-state index contributed by atoms with van der Waals surface area (Å²) in [6.45, 7) is 3.91. The Balaban J connectivity index is 0.000000279. The van der Waals surface area contributed by atoms with Crippen LogP contribution in [0.1, 0.15) is 12.8 Å². The molecule has 0 amide bonds. The van der Waals surface area contributed by atoms with Gasteiger partial charge in [0, 0.05) is 32.2 Å². The van der Waals surface area contributed by atoms with Crippen LogP contribution in [0.3, 0.4) is 0 Å². The van der Waals surface area contributed by atoms with Gasteiger partial charge in [-0.15, -0.1) is 0 Å². The van der Waals surface area contributed by atoms with Gasteiger partial charge in [0.1, 0.15) is 10.1 Å². The van der Waals surface area contributed by atoms with E-state index in [0.29, 0.717) is 6.04 Å². The minimum absolute atomic E-state index is 0.557. The number of anilines is 2. The van der Waals surface area contributed by atoms with Crippen molar-refractivity contribution in [2.75, 3.05) is 36.4 Å². The quantitative estimate of drug-likeness (QED) is 0.597. The maximum absolute atomic E-state index is 10.6. The number of rotatable bonds is 3. The zero-order chi connectivity index (χ0) is 20.3. The molecule has 2 aliphatic rings. The molecule has 0 unspecified atom stereocenters. The van der Waals surface area contributed by atoms with Gasteiger partial charge >= 0.3 is 12.1 Å². The molecule has 2 aromatic rings. The highest BCUT2D eigenvalue weighted by molar-refractivity contribution is 9.10. The number of nitrogens with zero attached hydrogens (tertiary/aromatic N) is 4. The third-order valence-electron chi connectivity index (χ3n) is 4.08. The van der Waals surface area contributed by atoms with E-state index in [0.717, 1.165) is 53.5 Å². The summed E-state index contributed by atoms with van der Waals surface area (Å²) in [6, 6.07) is 2.48. The number of hydrogen-bond acceptors (Lipinski definition) is 7. The molecule has 1 aliphatic carbocycles. The minimum atomic E-state index is -5.08. The predicted molar refractivity (Wildman–Crippen MR) is 100 cm³/mol. The summed E-state index contributed by atoms with van der Waals surface area (Å²) in [5.41, 5.74) is 1.71. The fourth-order valence-electron chi connectivity index (χ4n) is 2.54. The van der Waals surface area contributed by atoms with Gasteiger partial charge in [0.15, 0.2) is 11.6 Å². The van der Waals surface area contributed by atoms with Gasteiger partial charge < -0.3 is 20.6 Å². The van der Waals surface area contributed by atoms with E-state index in [9.17, 15) is 13.2 Å². The van der Waals surface area contributed by atoms with E-state index in [4.69, 9.17) is 19.9 Å². The molecule has 12 heteroatoms. The van der Waals surface area contributed by atoms with Crippen molar-refractivity contribution in [1.82, 2.24) is 20.3 Å². The van der Waals surface area contributed by atoms with Gasteiger partial charge in [-0.1, -0.05) is 0 Å². The molecular weight excluding hydrogens is 445 g/mol. The fourth-order valence-corrected chi connectivity index (χ4v) is 2.86. The van der Waals surface area contributed by atoms with Crippen molar-refractivity contribution in [2.45, 2.75) is 25.1 Å². The average Bonchev–Trinajstić information content (AvgIpc) is 3.46. The molecular formula is C16H18BrF3N6O2. The number of fused-ring (bicyclic) bond motifs is 1. The number of piperazine rings is 1. The Bertz CT molecular complexity index is 856. The van der Waals surface area contributed by atoms with Gasteiger partial charge in [-0.2, -0.15) is 13.2 Å². The number of aromatic nitrogens is 3. The topological polar surface area (TPSA) is 103 Å². The van der Waals surface area contributed by atoms with Gasteiger partial charge in [-0.05, 0) is 34.8 Å². The molecule has 1 saturated carbocycles. The summed E-state index contributed by atoms with van der Waals surface area (Å²) in [6.07, 6.45) is -0.870. The number of pyridine rings is 1. The number of aliphatic carboxylic acids is 1. The van der Waals surface area contributed by atoms with E-state index in [1.165, 1.54) is 12.8 Å². The largest absolute Gasteiger partial charge is 0.490 e. The van der Waals surface area contributed by atoms with Crippen molar-refractivity contribution in [2.24, 2.45) is 0 Å². The third kappa shape index (κ3) is 5.41. The van der Waals surface area contributed by atoms with Crippen LogP contribution in [0.5, 0.6) is 0 Å². The van der Waals surface area contributed by atoms with Crippen molar-refractivity contribution in [3.8, 4) is 0 Å². The minimum Gasteiger partial charge on any atom is -0.475 e. The van der Waals surface area contributed by atoms with E-state index in [2.05, 4.69) is 36.4 Å². The zero-order valence-electron chi connectivity index (χ0n) is 14.6. The van der Waals surface area contributed by atoms with E-state index in [-0.39, 0.29) is 0 Å². The maximum Gasteiger partial charge on any atom is 0.490 e. The molecule has 0 radical (unpaired) electrons. The first-order valence-electron chi connectivity index (χ1n) is 8.59. The lowest BCUT2D eigenvalue weighted by molar-refractivity contribution is -0.192. The van der Waals surface area contributed by atoms with Crippen LogP contribution in [0, 0.1) is 0 Å². The summed E-state index contributed by atoms with van der Waals surface area (Å²) in [4.78, 5) is 25.0. The highest BCUT2D eigenvalue weighted by Gasteiger charge is 2.38. The molecule has 3 N–H and O–H groups in total. The first kappa shape index (κ1) is 20.5. The molecule has 8 nitrogen and oxygen atoms in total. The molecule has 2 aromatic heterocycles. The molecule has 0 bridgehead atoms. The second-order valence-electron chi connectivity index (χ2n) is 6.35. The van der Waals surface area contributed by atoms with Gasteiger partial charge in [0.2, 0.25) is 0 Å². The van der Waals surface area contributed by atoms with Gasteiger partial charge in [-0.3, -0.25) is 0 Å². The molecule has 4 rings (SSSR count). The second-order valence-corrected chi connectivity index (χ2v) is 7.16. The van der Waals surface area contributed by atoms with Crippen LogP contribution in [-0.4, -0.2) is 64.4 Å². The number of carboxylic acids is 1. The van der Waals surface area contributed by atoms with E-state index >= 15 is 0 Å². The number of hydrogen-bond donors (Lipinski definition) is 3. The lowest BCUT2D eigenvalue weighted by atomic mass is 10.3. The normalized spacial score (nSPS) is 17.1. The molecule has 28 heavy (non-hydrogen) atoms. The Labute approximate surface area is 166 Å². The van der Waals surface area contributed by atoms with Crippen molar-refractivity contribution >= 4 is 44.6 Å². The maximum atomic E-state index is 10.6. The lowest BCUT2D eigenvalue weighted by Gasteiger charge is -2.29. The van der Waals surface area contributed by atoms with E-state index < -0.39 is 12.1 Å². The molecule has 0 spiro atoms. The average molecular weight is 463 g/mol. The SMILES string of the molecule is Brc1cc2nc(N3CCNCC3)c(NC3CC3)nc2cn1.O=C(O)C(F)(F)F. The monoisotopic (exact) mass is 462 g/mol. The lowest BCUT2D eigenvalue weighted by Crippen LogP contribution is -2.44. The molecule has 0 aromatic carbocycles. The molecule has 3 heterocycles. The highest BCUT2D eigenvalue weighted by atomic mass is 79.9. The van der Waals surface area contributed by atoms with Gasteiger partial charge in [-0.25, -0.2) is 19.7 Å². The molecule has 0 atom stereocenters. The Morgan fingerprint density at radius 1 is 1.25 bits per heavy atom. The molecule has 1 saturated heterocycles. The Morgan fingerprint density at radius 3 is 2.46 bits per heavy atom. The summed E-state index contributed by atoms with van der Waals surface area (Å²) < 4.78 is 32.5. The van der Waals surface area contributed by atoms with Crippen LogP contribution in [0.25, 0.3) is 11.0 Å². The second kappa shape index (κ2) is 8.43. The van der Waals surface area contributed by atoms with Crippen molar-refractivity contribution in [1.29, 1.82) is 0 Å². The van der Waals surface area contributed by atoms with Crippen LogP contribution in [0.2, 0.25) is 0 Å². The number of alkyl halides is 3. The highest BCUT2D eigenvalue weighted by Crippen LogP contribution is 2.31. The first-order chi connectivity index (χ1) is 13.2.